The van der Waals surface area contributed by atoms with Crippen LogP contribution in [0.4, 0.5) is 15.5 Å². The molecule has 1 aromatic carbocycles. The van der Waals surface area contributed by atoms with Crippen LogP contribution in [0.3, 0.4) is 0 Å². The van der Waals surface area contributed by atoms with Gasteiger partial charge in [0.1, 0.15) is 5.00 Å². The van der Waals surface area contributed by atoms with Gasteiger partial charge < -0.3 is 10.4 Å². The Labute approximate surface area is 126 Å². The summed E-state index contributed by atoms with van der Waals surface area (Å²) in [6.45, 7) is 3.72. The number of hydrogen-bond acceptors (Lipinski definition) is 3. The van der Waals surface area contributed by atoms with Gasteiger partial charge in [-0.3, -0.25) is 5.32 Å². The average molecular weight is 304 g/mol. The molecule has 0 spiro atoms. The highest BCUT2D eigenvalue weighted by atomic mass is 32.1. The van der Waals surface area contributed by atoms with Crippen LogP contribution in [-0.4, -0.2) is 17.1 Å². The number of amides is 2. The Balaban J connectivity index is 2.19. The van der Waals surface area contributed by atoms with Crippen LogP contribution in [0, 0.1) is 6.92 Å². The Kier molecular flexibility index (Phi) is 4.59. The van der Waals surface area contributed by atoms with E-state index >= 15 is 0 Å². The molecule has 6 heteroatoms. The van der Waals surface area contributed by atoms with Crippen LogP contribution in [0.1, 0.15) is 27.7 Å². The summed E-state index contributed by atoms with van der Waals surface area (Å²) in [6.07, 6.45) is 0.735. The lowest BCUT2D eigenvalue weighted by Gasteiger charge is -2.06. The van der Waals surface area contributed by atoms with Crippen molar-refractivity contribution in [3.8, 4) is 0 Å². The summed E-state index contributed by atoms with van der Waals surface area (Å²) in [5.41, 5.74) is 1.53. The molecule has 0 bridgehead atoms. The average Bonchev–Trinajstić information content (AvgIpc) is 2.75. The largest absolute Gasteiger partial charge is 0.478 e. The number of hydrogen-bond donors (Lipinski definition) is 3. The summed E-state index contributed by atoms with van der Waals surface area (Å²) >= 11 is 1.30. The Morgan fingerprint density at radius 1 is 1.19 bits per heavy atom. The molecule has 0 saturated carbocycles. The molecular weight excluding hydrogens is 288 g/mol. The zero-order valence-electron chi connectivity index (χ0n) is 11.8. The van der Waals surface area contributed by atoms with Crippen molar-refractivity contribution in [2.45, 2.75) is 20.3 Å². The number of carbonyl (C=O) groups is 2. The molecule has 0 fully saturated rings. The molecule has 0 radical (unpaired) electrons. The molecule has 5 nitrogen and oxygen atoms in total. The van der Waals surface area contributed by atoms with Gasteiger partial charge in [-0.15, -0.1) is 11.3 Å². The highest BCUT2D eigenvalue weighted by Gasteiger charge is 2.21. The number of thiophene rings is 1. The molecule has 0 atom stereocenters. The highest BCUT2D eigenvalue weighted by molar-refractivity contribution is 7.17. The van der Waals surface area contributed by atoms with Gasteiger partial charge in [-0.25, -0.2) is 9.59 Å². The maximum absolute atomic E-state index is 12.0. The number of anilines is 2. The molecule has 0 aliphatic rings. The fourth-order valence-corrected chi connectivity index (χ4v) is 3.16. The van der Waals surface area contributed by atoms with Gasteiger partial charge in [-0.2, -0.15) is 0 Å². The minimum atomic E-state index is -1.03. The summed E-state index contributed by atoms with van der Waals surface area (Å²) in [5, 5.41) is 14.9. The van der Waals surface area contributed by atoms with Gasteiger partial charge in [-0.1, -0.05) is 25.1 Å². The number of benzene rings is 1. The Morgan fingerprint density at radius 2 is 1.86 bits per heavy atom. The topological polar surface area (TPSA) is 78.4 Å². The van der Waals surface area contributed by atoms with Crippen molar-refractivity contribution in [2.75, 3.05) is 10.6 Å². The van der Waals surface area contributed by atoms with E-state index in [9.17, 15) is 14.7 Å². The number of carboxylic acids is 1. The Bertz CT molecular complexity index is 665. The molecule has 0 aliphatic carbocycles. The van der Waals surface area contributed by atoms with E-state index in [1.54, 1.807) is 19.1 Å². The molecule has 2 rings (SSSR count). The maximum Gasteiger partial charge on any atom is 0.338 e. The van der Waals surface area contributed by atoms with Crippen molar-refractivity contribution in [1.29, 1.82) is 0 Å². The van der Waals surface area contributed by atoms with Crippen LogP contribution in [0.25, 0.3) is 0 Å². The highest BCUT2D eigenvalue weighted by Crippen LogP contribution is 2.33. The quantitative estimate of drug-likeness (QED) is 0.800. The zero-order valence-corrected chi connectivity index (χ0v) is 12.6. The minimum absolute atomic E-state index is 0.167. The van der Waals surface area contributed by atoms with Crippen molar-refractivity contribution >= 4 is 34.0 Å². The third-order valence-electron chi connectivity index (χ3n) is 3.04. The Hall–Kier alpha value is -2.34. The standard InChI is InChI=1S/C15H16N2O3S/c1-3-11-9(2)12(14(18)19)13(21-11)17-15(20)16-10-7-5-4-6-8-10/h4-8H,3H2,1-2H3,(H,18,19)(H2,16,17,20). The lowest BCUT2D eigenvalue weighted by molar-refractivity contribution is 0.0697. The number of urea groups is 1. The van der Waals surface area contributed by atoms with E-state index in [1.165, 1.54) is 11.3 Å². The minimum Gasteiger partial charge on any atom is -0.478 e. The molecule has 0 aliphatic heterocycles. The van der Waals surface area contributed by atoms with Gasteiger partial charge in [-0.05, 0) is 31.0 Å². The van der Waals surface area contributed by atoms with Crippen molar-refractivity contribution in [2.24, 2.45) is 0 Å². The first-order valence-corrected chi connectivity index (χ1v) is 7.33. The second-order valence-electron chi connectivity index (χ2n) is 4.46. The molecule has 1 heterocycles. The second kappa shape index (κ2) is 6.41. The maximum atomic E-state index is 12.0. The SMILES string of the molecule is CCc1sc(NC(=O)Nc2ccccc2)c(C(=O)O)c1C. The molecule has 2 amide bonds. The molecule has 0 saturated heterocycles. The van der Waals surface area contributed by atoms with Crippen LogP contribution in [-0.2, 0) is 6.42 Å². The number of aryl methyl sites for hydroxylation is 1. The van der Waals surface area contributed by atoms with E-state index in [1.807, 2.05) is 25.1 Å². The van der Waals surface area contributed by atoms with Crippen molar-refractivity contribution in [3.05, 3.63) is 46.3 Å². The van der Waals surface area contributed by atoms with E-state index in [4.69, 9.17) is 0 Å². The summed E-state index contributed by atoms with van der Waals surface area (Å²) in [6, 6.07) is 8.53. The predicted molar refractivity (Wildman–Crippen MR) is 84.5 cm³/mol. The van der Waals surface area contributed by atoms with Crippen LogP contribution >= 0.6 is 11.3 Å². The molecule has 2 aromatic rings. The van der Waals surface area contributed by atoms with Gasteiger partial charge in [0.2, 0.25) is 0 Å². The molecule has 0 unspecified atom stereocenters. The first-order valence-electron chi connectivity index (χ1n) is 6.51. The van der Waals surface area contributed by atoms with Crippen LogP contribution < -0.4 is 10.6 Å². The number of nitrogens with one attached hydrogen (secondary N) is 2. The summed E-state index contributed by atoms with van der Waals surface area (Å²) in [4.78, 5) is 24.3. The number of carbonyl (C=O) groups excluding carboxylic acids is 1. The lowest BCUT2D eigenvalue weighted by Crippen LogP contribution is -2.20. The van der Waals surface area contributed by atoms with Gasteiger partial charge in [0.15, 0.2) is 0 Å². The van der Waals surface area contributed by atoms with E-state index < -0.39 is 12.0 Å². The number of aromatic carboxylic acids is 1. The summed E-state index contributed by atoms with van der Waals surface area (Å²) in [5.74, 6) is -1.03. The lowest BCUT2D eigenvalue weighted by atomic mass is 10.1. The smallest absolute Gasteiger partial charge is 0.338 e. The molecule has 110 valence electrons. The first kappa shape index (κ1) is 15.1. The predicted octanol–water partition coefficient (Wildman–Crippen LogP) is 3.96. The van der Waals surface area contributed by atoms with Crippen LogP contribution in [0.2, 0.25) is 0 Å². The van der Waals surface area contributed by atoms with E-state index in [0.717, 1.165) is 11.3 Å². The summed E-state index contributed by atoms with van der Waals surface area (Å²) in [7, 11) is 0. The van der Waals surface area contributed by atoms with Crippen molar-refractivity contribution < 1.29 is 14.7 Å². The normalized spacial score (nSPS) is 10.2. The molecule has 1 aromatic heterocycles. The third-order valence-corrected chi connectivity index (χ3v) is 4.39. The third kappa shape index (κ3) is 3.41. The Morgan fingerprint density at radius 3 is 2.43 bits per heavy atom. The summed E-state index contributed by atoms with van der Waals surface area (Å²) < 4.78 is 0. The molecular formula is C15H16N2O3S. The fraction of sp³-hybridized carbons (Fsp3) is 0.200. The van der Waals surface area contributed by atoms with Crippen LogP contribution in [0.15, 0.2) is 30.3 Å². The molecule has 3 N–H and O–H groups in total. The monoisotopic (exact) mass is 304 g/mol. The molecule has 21 heavy (non-hydrogen) atoms. The van der Waals surface area contributed by atoms with Gasteiger partial charge in [0, 0.05) is 10.6 Å². The fourth-order valence-electron chi connectivity index (χ4n) is 2.03. The van der Waals surface area contributed by atoms with Crippen LogP contribution in [0.5, 0.6) is 0 Å². The number of carboxylic acid groups (broad SMARTS) is 1. The number of para-hydroxylation sites is 1. The van der Waals surface area contributed by atoms with Gasteiger partial charge in [0.05, 0.1) is 5.56 Å². The van der Waals surface area contributed by atoms with Gasteiger partial charge in [0.25, 0.3) is 0 Å². The second-order valence-corrected chi connectivity index (χ2v) is 5.56. The first-order chi connectivity index (χ1) is 10.0. The van der Waals surface area contributed by atoms with Crippen molar-refractivity contribution in [1.82, 2.24) is 0 Å². The zero-order chi connectivity index (χ0) is 15.4. The van der Waals surface area contributed by atoms with E-state index in [-0.39, 0.29) is 5.56 Å². The van der Waals surface area contributed by atoms with E-state index in [2.05, 4.69) is 10.6 Å². The van der Waals surface area contributed by atoms with Gasteiger partial charge >= 0.3 is 12.0 Å². The van der Waals surface area contributed by atoms with Crippen molar-refractivity contribution in [3.63, 3.8) is 0 Å². The van der Waals surface area contributed by atoms with E-state index in [0.29, 0.717) is 16.3 Å². The number of rotatable bonds is 4.